The topological polar surface area (TPSA) is 64.4 Å². The number of carbonyl (C=O) groups excluding carboxylic acids is 1. The van der Waals surface area contributed by atoms with Crippen LogP contribution in [0.5, 0.6) is 0 Å². The SMILES string of the molecule is CC(NC(=O)C1CCC(CN)CC1)C1CCCO1. The summed E-state index contributed by atoms with van der Waals surface area (Å²) >= 11 is 0. The maximum absolute atomic E-state index is 12.2. The molecule has 0 aromatic rings. The molecule has 104 valence electrons. The van der Waals surface area contributed by atoms with Gasteiger partial charge in [-0.3, -0.25) is 4.79 Å². The minimum atomic E-state index is 0.146. The predicted molar refractivity (Wildman–Crippen MR) is 71.1 cm³/mol. The maximum Gasteiger partial charge on any atom is 0.223 e. The van der Waals surface area contributed by atoms with E-state index in [1.54, 1.807) is 0 Å². The summed E-state index contributed by atoms with van der Waals surface area (Å²) in [5.41, 5.74) is 5.67. The number of amides is 1. The summed E-state index contributed by atoms with van der Waals surface area (Å²) in [5, 5.41) is 3.13. The van der Waals surface area contributed by atoms with Crippen LogP contribution in [-0.4, -0.2) is 31.2 Å². The summed E-state index contributed by atoms with van der Waals surface area (Å²) in [6, 6.07) is 0.146. The smallest absolute Gasteiger partial charge is 0.223 e. The zero-order chi connectivity index (χ0) is 13.0. The third kappa shape index (κ3) is 3.45. The number of carbonyl (C=O) groups is 1. The van der Waals surface area contributed by atoms with E-state index in [0.29, 0.717) is 5.92 Å². The van der Waals surface area contributed by atoms with Crippen LogP contribution in [0.2, 0.25) is 0 Å². The summed E-state index contributed by atoms with van der Waals surface area (Å²) in [6.07, 6.45) is 6.59. The second-order valence-corrected chi connectivity index (χ2v) is 5.80. The van der Waals surface area contributed by atoms with E-state index >= 15 is 0 Å². The van der Waals surface area contributed by atoms with Crippen molar-refractivity contribution >= 4 is 5.91 Å². The summed E-state index contributed by atoms with van der Waals surface area (Å²) in [7, 11) is 0. The van der Waals surface area contributed by atoms with Crippen LogP contribution in [0.3, 0.4) is 0 Å². The highest BCUT2D eigenvalue weighted by molar-refractivity contribution is 5.79. The molecule has 4 heteroatoms. The Kier molecular flexibility index (Phi) is 5.01. The molecule has 0 aromatic carbocycles. The zero-order valence-corrected chi connectivity index (χ0v) is 11.4. The Morgan fingerprint density at radius 1 is 1.33 bits per heavy atom. The van der Waals surface area contributed by atoms with Gasteiger partial charge in [0, 0.05) is 12.5 Å². The van der Waals surface area contributed by atoms with Crippen molar-refractivity contribution in [1.82, 2.24) is 5.32 Å². The van der Waals surface area contributed by atoms with E-state index in [9.17, 15) is 4.79 Å². The van der Waals surface area contributed by atoms with Crippen molar-refractivity contribution in [3.63, 3.8) is 0 Å². The van der Waals surface area contributed by atoms with Crippen LogP contribution >= 0.6 is 0 Å². The first kappa shape index (κ1) is 13.8. The van der Waals surface area contributed by atoms with Crippen molar-refractivity contribution in [1.29, 1.82) is 0 Å². The Balaban J connectivity index is 1.74. The molecule has 2 fully saturated rings. The Labute approximate surface area is 110 Å². The van der Waals surface area contributed by atoms with Crippen LogP contribution in [0.4, 0.5) is 0 Å². The lowest BCUT2D eigenvalue weighted by Crippen LogP contribution is -2.44. The first-order valence-corrected chi connectivity index (χ1v) is 7.32. The summed E-state index contributed by atoms with van der Waals surface area (Å²) in [5.74, 6) is 1.04. The molecule has 1 amide bonds. The number of nitrogens with two attached hydrogens (primary N) is 1. The van der Waals surface area contributed by atoms with Crippen LogP contribution in [-0.2, 0) is 9.53 Å². The van der Waals surface area contributed by atoms with E-state index in [1.807, 2.05) is 0 Å². The van der Waals surface area contributed by atoms with Gasteiger partial charge in [-0.15, -0.1) is 0 Å². The molecule has 4 nitrogen and oxygen atoms in total. The number of hydrogen-bond donors (Lipinski definition) is 2. The Hall–Kier alpha value is -0.610. The summed E-state index contributed by atoms with van der Waals surface area (Å²) in [6.45, 7) is 3.66. The molecule has 1 saturated carbocycles. The first-order valence-electron chi connectivity index (χ1n) is 7.32. The van der Waals surface area contributed by atoms with Crippen molar-refractivity contribution in [2.24, 2.45) is 17.6 Å². The molecule has 1 saturated heterocycles. The summed E-state index contributed by atoms with van der Waals surface area (Å²) < 4.78 is 5.61. The maximum atomic E-state index is 12.2. The fourth-order valence-corrected chi connectivity index (χ4v) is 3.09. The molecule has 1 aliphatic heterocycles. The van der Waals surface area contributed by atoms with Crippen molar-refractivity contribution in [2.75, 3.05) is 13.2 Å². The van der Waals surface area contributed by atoms with Gasteiger partial charge in [-0.05, 0) is 57.9 Å². The minimum absolute atomic E-state index is 0.146. The number of rotatable bonds is 4. The molecular weight excluding hydrogens is 228 g/mol. The molecule has 0 spiro atoms. The van der Waals surface area contributed by atoms with E-state index in [4.69, 9.17) is 10.5 Å². The first-order chi connectivity index (χ1) is 8.70. The Morgan fingerprint density at radius 2 is 2.06 bits per heavy atom. The van der Waals surface area contributed by atoms with Crippen LogP contribution in [0.25, 0.3) is 0 Å². The normalized spacial score (nSPS) is 34.2. The lowest BCUT2D eigenvalue weighted by Gasteiger charge is -2.29. The Morgan fingerprint density at radius 3 is 2.61 bits per heavy atom. The van der Waals surface area contributed by atoms with Gasteiger partial charge < -0.3 is 15.8 Å². The van der Waals surface area contributed by atoms with Crippen molar-refractivity contribution in [3.8, 4) is 0 Å². The molecule has 2 unspecified atom stereocenters. The second kappa shape index (κ2) is 6.53. The van der Waals surface area contributed by atoms with Gasteiger partial charge in [-0.25, -0.2) is 0 Å². The average Bonchev–Trinajstić information content (AvgIpc) is 2.92. The van der Waals surface area contributed by atoms with Gasteiger partial charge in [0.05, 0.1) is 12.1 Å². The van der Waals surface area contributed by atoms with Crippen LogP contribution in [0, 0.1) is 11.8 Å². The minimum Gasteiger partial charge on any atom is -0.376 e. The van der Waals surface area contributed by atoms with E-state index in [-0.39, 0.29) is 24.0 Å². The highest BCUT2D eigenvalue weighted by Gasteiger charge is 2.29. The van der Waals surface area contributed by atoms with E-state index in [1.165, 1.54) is 0 Å². The molecule has 2 atom stereocenters. The highest BCUT2D eigenvalue weighted by Crippen LogP contribution is 2.28. The number of hydrogen-bond acceptors (Lipinski definition) is 3. The van der Waals surface area contributed by atoms with E-state index in [0.717, 1.165) is 51.7 Å². The van der Waals surface area contributed by atoms with Gasteiger partial charge in [0.2, 0.25) is 5.91 Å². The number of ether oxygens (including phenoxy) is 1. The van der Waals surface area contributed by atoms with Gasteiger partial charge >= 0.3 is 0 Å². The quantitative estimate of drug-likeness (QED) is 0.798. The van der Waals surface area contributed by atoms with Crippen LogP contribution < -0.4 is 11.1 Å². The van der Waals surface area contributed by atoms with Crippen LogP contribution in [0.1, 0.15) is 45.4 Å². The van der Waals surface area contributed by atoms with Gasteiger partial charge in [0.15, 0.2) is 0 Å². The molecule has 1 aliphatic carbocycles. The van der Waals surface area contributed by atoms with Crippen LogP contribution in [0.15, 0.2) is 0 Å². The molecule has 0 radical (unpaired) electrons. The van der Waals surface area contributed by atoms with Gasteiger partial charge in [0.1, 0.15) is 0 Å². The molecule has 2 aliphatic rings. The summed E-state index contributed by atoms with van der Waals surface area (Å²) in [4.78, 5) is 12.2. The van der Waals surface area contributed by atoms with Crippen molar-refractivity contribution < 1.29 is 9.53 Å². The highest BCUT2D eigenvalue weighted by atomic mass is 16.5. The molecule has 1 heterocycles. The molecule has 18 heavy (non-hydrogen) atoms. The molecule has 0 aromatic heterocycles. The third-order valence-electron chi connectivity index (χ3n) is 4.44. The third-order valence-corrected chi connectivity index (χ3v) is 4.44. The molecular formula is C14H26N2O2. The lowest BCUT2D eigenvalue weighted by molar-refractivity contribution is -0.127. The van der Waals surface area contributed by atoms with Crippen molar-refractivity contribution in [3.05, 3.63) is 0 Å². The lowest BCUT2D eigenvalue weighted by atomic mass is 9.81. The fraction of sp³-hybridized carbons (Fsp3) is 0.929. The molecule has 2 rings (SSSR count). The molecule has 0 bridgehead atoms. The van der Waals surface area contributed by atoms with Gasteiger partial charge in [-0.1, -0.05) is 0 Å². The van der Waals surface area contributed by atoms with E-state index < -0.39 is 0 Å². The van der Waals surface area contributed by atoms with E-state index in [2.05, 4.69) is 12.2 Å². The van der Waals surface area contributed by atoms with Gasteiger partial charge in [-0.2, -0.15) is 0 Å². The average molecular weight is 254 g/mol. The van der Waals surface area contributed by atoms with Gasteiger partial charge in [0.25, 0.3) is 0 Å². The second-order valence-electron chi connectivity index (χ2n) is 5.80. The molecule has 3 N–H and O–H groups in total. The fourth-order valence-electron chi connectivity index (χ4n) is 3.09. The standard InChI is InChI=1S/C14H26N2O2/c1-10(13-3-2-8-18-13)16-14(17)12-6-4-11(9-15)5-7-12/h10-13H,2-9,15H2,1H3,(H,16,17). The largest absolute Gasteiger partial charge is 0.376 e. The van der Waals surface area contributed by atoms with Crippen molar-refractivity contribution in [2.45, 2.75) is 57.6 Å². The predicted octanol–water partition coefficient (Wildman–Crippen LogP) is 1.44. The Bertz CT molecular complexity index is 269. The number of nitrogens with one attached hydrogen (secondary N) is 1. The monoisotopic (exact) mass is 254 g/mol. The zero-order valence-electron chi connectivity index (χ0n) is 11.4.